The van der Waals surface area contributed by atoms with Gasteiger partial charge in [0, 0.05) is 17.3 Å². The summed E-state index contributed by atoms with van der Waals surface area (Å²) in [7, 11) is 0. The molecular weight excluding hydrogens is 350 g/mol. The number of aliphatic hydroxyl groups is 1. The van der Waals surface area contributed by atoms with E-state index in [-0.39, 0.29) is 18.7 Å². The highest BCUT2D eigenvalue weighted by Crippen LogP contribution is 2.35. The molecule has 0 saturated heterocycles. The van der Waals surface area contributed by atoms with Gasteiger partial charge >= 0.3 is 0 Å². The summed E-state index contributed by atoms with van der Waals surface area (Å²) in [5.41, 5.74) is 4.00. The molecule has 0 amide bonds. The average Bonchev–Trinajstić information content (AvgIpc) is 2.76. The van der Waals surface area contributed by atoms with E-state index in [2.05, 4.69) is 10.1 Å². The van der Waals surface area contributed by atoms with Gasteiger partial charge in [0.1, 0.15) is 0 Å². The topological polar surface area (TPSA) is 68.0 Å². The Morgan fingerprint density at radius 3 is 2.04 bits per heavy atom. The Morgan fingerprint density at radius 2 is 1.43 bits per heavy atom. The molecule has 5 heteroatoms. The molecule has 2 aromatic carbocycles. The van der Waals surface area contributed by atoms with Crippen LogP contribution >= 0.6 is 0 Å². The molecule has 5 nitrogen and oxygen atoms in total. The van der Waals surface area contributed by atoms with E-state index in [1.54, 1.807) is 6.20 Å². The Hall–Kier alpha value is -3.57. The van der Waals surface area contributed by atoms with E-state index in [0.29, 0.717) is 17.0 Å². The molecule has 2 heterocycles. The van der Waals surface area contributed by atoms with Gasteiger partial charge in [-0.15, -0.1) is 0 Å². The number of hydrogen-bond donors (Lipinski definition) is 1. The van der Waals surface area contributed by atoms with Crippen LogP contribution in [0.15, 0.2) is 89.9 Å². The van der Waals surface area contributed by atoms with Crippen molar-refractivity contribution in [3.05, 3.63) is 95.4 Å². The van der Waals surface area contributed by atoms with Gasteiger partial charge in [0.25, 0.3) is 5.56 Å². The fourth-order valence-electron chi connectivity index (χ4n) is 3.25. The fourth-order valence-corrected chi connectivity index (χ4v) is 3.25. The zero-order chi connectivity index (χ0) is 19.3. The number of nitrogens with zero attached hydrogens (tertiary/aromatic N) is 3. The van der Waals surface area contributed by atoms with E-state index in [9.17, 15) is 9.90 Å². The highest BCUT2D eigenvalue weighted by molar-refractivity contribution is 5.91. The van der Waals surface area contributed by atoms with Crippen LogP contribution in [0, 0.1) is 0 Å². The van der Waals surface area contributed by atoms with Crippen LogP contribution in [0.4, 0.5) is 0 Å². The number of hydrogen-bond acceptors (Lipinski definition) is 4. The molecule has 2 aromatic heterocycles. The quantitative estimate of drug-likeness (QED) is 0.583. The maximum Gasteiger partial charge on any atom is 0.276 e. The molecular formula is C23H19N3O2. The van der Waals surface area contributed by atoms with Gasteiger partial charge in [-0.05, 0) is 17.7 Å². The van der Waals surface area contributed by atoms with E-state index >= 15 is 0 Å². The molecule has 28 heavy (non-hydrogen) atoms. The average molecular weight is 369 g/mol. The first-order valence-electron chi connectivity index (χ1n) is 9.08. The van der Waals surface area contributed by atoms with Crippen LogP contribution in [0.1, 0.15) is 0 Å². The zero-order valence-electron chi connectivity index (χ0n) is 15.2. The Morgan fingerprint density at radius 1 is 0.786 bits per heavy atom. The maximum absolute atomic E-state index is 13.3. The summed E-state index contributed by atoms with van der Waals surface area (Å²) < 4.78 is 1.32. The highest BCUT2D eigenvalue weighted by atomic mass is 16.3. The number of pyridine rings is 1. The molecule has 0 saturated carbocycles. The highest BCUT2D eigenvalue weighted by Gasteiger charge is 2.21. The van der Waals surface area contributed by atoms with Crippen LogP contribution in [-0.4, -0.2) is 26.5 Å². The standard InChI is InChI=1S/C23H19N3O2/c27-16-15-26-23(28)21(19-13-7-8-14-24-19)20(17-9-3-1-4-10-17)22(25-26)18-11-5-2-6-12-18/h1-14,27H,15-16H2. The van der Waals surface area contributed by atoms with E-state index in [4.69, 9.17) is 0 Å². The predicted molar refractivity (Wildman–Crippen MR) is 110 cm³/mol. The van der Waals surface area contributed by atoms with Crippen molar-refractivity contribution in [2.45, 2.75) is 6.54 Å². The van der Waals surface area contributed by atoms with Gasteiger partial charge in [0.05, 0.1) is 30.1 Å². The Kier molecular flexibility index (Phi) is 5.08. The second-order valence-electron chi connectivity index (χ2n) is 6.30. The third-order valence-electron chi connectivity index (χ3n) is 4.50. The lowest BCUT2D eigenvalue weighted by Crippen LogP contribution is -2.27. The molecule has 0 aliphatic heterocycles. The molecule has 0 aliphatic rings. The second-order valence-corrected chi connectivity index (χ2v) is 6.30. The smallest absolute Gasteiger partial charge is 0.276 e. The number of aliphatic hydroxyl groups excluding tert-OH is 1. The molecule has 4 rings (SSSR count). The van der Waals surface area contributed by atoms with E-state index in [1.165, 1.54) is 4.68 Å². The Labute approximate surface area is 162 Å². The predicted octanol–water partition coefficient (Wildman–Crippen LogP) is 3.63. The van der Waals surface area contributed by atoms with Crippen molar-refractivity contribution in [2.24, 2.45) is 0 Å². The molecule has 0 atom stereocenters. The van der Waals surface area contributed by atoms with Crippen molar-refractivity contribution >= 4 is 0 Å². The molecule has 0 fully saturated rings. The molecule has 1 N–H and O–H groups in total. The van der Waals surface area contributed by atoms with Crippen LogP contribution < -0.4 is 5.56 Å². The van der Waals surface area contributed by atoms with Gasteiger partial charge in [-0.3, -0.25) is 9.78 Å². The number of rotatable bonds is 5. The lowest BCUT2D eigenvalue weighted by atomic mass is 9.94. The molecule has 0 bridgehead atoms. The minimum absolute atomic E-state index is 0.119. The van der Waals surface area contributed by atoms with Crippen LogP contribution in [0.2, 0.25) is 0 Å². The number of aromatic nitrogens is 3. The van der Waals surface area contributed by atoms with Gasteiger partial charge in [-0.2, -0.15) is 5.10 Å². The Balaban J connectivity index is 2.14. The minimum atomic E-state index is -0.272. The summed E-state index contributed by atoms with van der Waals surface area (Å²) in [6, 6.07) is 25.0. The summed E-state index contributed by atoms with van der Waals surface area (Å²) in [6.07, 6.45) is 1.67. The summed E-state index contributed by atoms with van der Waals surface area (Å²) >= 11 is 0. The molecule has 138 valence electrons. The molecule has 0 radical (unpaired) electrons. The van der Waals surface area contributed by atoms with Gasteiger partial charge in [-0.25, -0.2) is 4.68 Å². The first-order chi connectivity index (χ1) is 13.8. The van der Waals surface area contributed by atoms with Crippen molar-refractivity contribution in [2.75, 3.05) is 6.61 Å². The van der Waals surface area contributed by atoms with Crippen molar-refractivity contribution < 1.29 is 5.11 Å². The summed E-state index contributed by atoms with van der Waals surface area (Å²) in [6.45, 7) is -0.0545. The van der Waals surface area contributed by atoms with Gasteiger partial charge in [0.2, 0.25) is 0 Å². The monoisotopic (exact) mass is 369 g/mol. The van der Waals surface area contributed by atoms with Gasteiger partial charge in [-0.1, -0.05) is 66.7 Å². The molecule has 0 spiro atoms. The van der Waals surface area contributed by atoms with E-state index in [1.807, 2.05) is 78.9 Å². The minimum Gasteiger partial charge on any atom is -0.394 e. The molecule has 4 aromatic rings. The summed E-state index contributed by atoms with van der Waals surface area (Å²) in [4.78, 5) is 17.7. The lowest BCUT2D eigenvalue weighted by Gasteiger charge is -2.17. The normalized spacial score (nSPS) is 10.8. The van der Waals surface area contributed by atoms with Crippen molar-refractivity contribution in [3.63, 3.8) is 0 Å². The largest absolute Gasteiger partial charge is 0.394 e. The second kappa shape index (κ2) is 7.98. The summed E-state index contributed by atoms with van der Waals surface area (Å²) in [5, 5.41) is 14.0. The maximum atomic E-state index is 13.3. The Bertz CT molecular complexity index is 1130. The van der Waals surface area contributed by atoms with Crippen molar-refractivity contribution in [3.8, 4) is 33.6 Å². The first kappa shape index (κ1) is 17.8. The van der Waals surface area contributed by atoms with Crippen LogP contribution in [0.5, 0.6) is 0 Å². The SMILES string of the molecule is O=c1c(-c2ccccn2)c(-c2ccccc2)c(-c2ccccc2)nn1CCO. The van der Waals surface area contributed by atoms with Crippen molar-refractivity contribution in [1.29, 1.82) is 0 Å². The van der Waals surface area contributed by atoms with Gasteiger partial charge < -0.3 is 5.11 Å². The van der Waals surface area contributed by atoms with Crippen molar-refractivity contribution in [1.82, 2.24) is 14.8 Å². The van der Waals surface area contributed by atoms with E-state index in [0.717, 1.165) is 16.7 Å². The fraction of sp³-hybridized carbons (Fsp3) is 0.0870. The molecule has 0 aliphatic carbocycles. The third kappa shape index (κ3) is 3.35. The molecule has 0 unspecified atom stereocenters. The van der Waals surface area contributed by atoms with E-state index < -0.39 is 0 Å². The van der Waals surface area contributed by atoms with Crippen LogP contribution in [0.25, 0.3) is 33.6 Å². The lowest BCUT2D eigenvalue weighted by molar-refractivity contribution is 0.266. The summed E-state index contributed by atoms with van der Waals surface area (Å²) in [5.74, 6) is 0. The van der Waals surface area contributed by atoms with Crippen LogP contribution in [-0.2, 0) is 6.54 Å². The number of benzene rings is 2. The third-order valence-corrected chi connectivity index (χ3v) is 4.50. The van der Waals surface area contributed by atoms with Gasteiger partial charge in [0.15, 0.2) is 0 Å². The van der Waals surface area contributed by atoms with Crippen LogP contribution in [0.3, 0.4) is 0 Å². The first-order valence-corrected chi connectivity index (χ1v) is 9.08. The zero-order valence-corrected chi connectivity index (χ0v) is 15.2.